The van der Waals surface area contributed by atoms with Gasteiger partial charge in [-0.25, -0.2) is 9.59 Å². The fourth-order valence-electron chi connectivity index (χ4n) is 3.21. The second kappa shape index (κ2) is 8.04. The molecular formula is C21H19ClN2O4. The summed E-state index contributed by atoms with van der Waals surface area (Å²) < 4.78 is 10.6. The number of nitrogens with zero attached hydrogens (tertiary/aromatic N) is 1. The molecule has 4 rings (SSSR count). The van der Waals surface area contributed by atoms with Crippen LogP contribution in [0.3, 0.4) is 0 Å². The van der Waals surface area contributed by atoms with Gasteiger partial charge in [0.25, 0.3) is 0 Å². The van der Waals surface area contributed by atoms with Crippen LogP contribution < -0.4 is 20.6 Å². The first-order valence-electron chi connectivity index (χ1n) is 9.05. The molecule has 1 aliphatic heterocycles. The Balaban J connectivity index is 1.54. The van der Waals surface area contributed by atoms with Crippen molar-refractivity contribution in [3.8, 4) is 5.75 Å². The van der Waals surface area contributed by atoms with Crippen molar-refractivity contribution in [1.29, 1.82) is 0 Å². The number of anilines is 1. The highest BCUT2D eigenvalue weighted by molar-refractivity contribution is 6.17. The number of nitrogens with one attached hydrogen (secondary N) is 1. The van der Waals surface area contributed by atoms with Gasteiger partial charge in [-0.3, -0.25) is 0 Å². The highest BCUT2D eigenvalue weighted by Gasteiger charge is 2.17. The molecule has 0 aliphatic carbocycles. The molecule has 1 aromatic heterocycles. The Labute approximate surface area is 166 Å². The molecule has 6 nitrogen and oxygen atoms in total. The molecule has 0 amide bonds. The molecule has 0 bridgehead atoms. The van der Waals surface area contributed by atoms with E-state index in [0.29, 0.717) is 22.6 Å². The highest BCUT2D eigenvalue weighted by atomic mass is 35.5. The molecule has 0 atom stereocenters. The zero-order valence-corrected chi connectivity index (χ0v) is 15.9. The van der Waals surface area contributed by atoms with E-state index in [1.807, 2.05) is 12.1 Å². The maximum Gasteiger partial charge on any atom is 0.351 e. The molecule has 1 fully saturated rings. The first kappa shape index (κ1) is 18.5. The molecule has 1 saturated heterocycles. The van der Waals surface area contributed by atoms with Crippen molar-refractivity contribution in [1.82, 2.24) is 5.32 Å². The zero-order chi connectivity index (χ0) is 19.5. The van der Waals surface area contributed by atoms with Crippen molar-refractivity contribution in [3.63, 3.8) is 0 Å². The summed E-state index contributed by atoms with van der Waals surface area (Å²) in [5, 5.41) is 3.93. The fourth-order valence-corrected chi connectivity index (χ4v) is 3.37. The minimum atomic E-state index is -0.748. The van der Waals surface area contributed by atoms with Gasteiger partial charge in [-0.1, -0.05) is 6.07 Å². The molecule has 0 radical (unpaired) electrons. The summed E-state index contributed by atoms with van der Waals surface area (Å²) in [6.45, 7) is 3.75. The van der Waals surface area contributed by atoms with E-state index in [4.69, 9.17) is 20.8 Å². The Morgan fingerprint density at radius 3 is 2.57 bits per heavy atom. The molecule has 2 heterocycles. The number of piperazine rings is 1. The molecule has 0 spiro atoms. The van der Waals surface area contributed by atoms with E-state index in [9.17, 15) is 9.59 Å². The smallest absolute Gasteiger partial charge is 0.351 e. The molecule has 7 heteroatoms. The van der Waals surface area contributed by atoms with Crippen molar-refractivity contribution in [3.05, 3.63) is 70.1 Å². The lowest BCUT2D eigenvalue weighted by Gasteiger charge is -2.29. The Kier molecular flexibility index (Phi) is 5.32. The van der Waals surface area contributed by atoms with E-state index in [1.54, 1.807) is 30.3 Å². The maximum atomic E-state index is 12.5. The first-order chi connectivity index (χ1) is 13.6. The summed E-state index contributed by atoms with van der Waals surface area (Å²) in [7, 11) is 0. The molecule has 28 heavy (non-hydrogen) atoms. The fraction of sp³-hybridized carbons (Fsp3) is 0.238. The molecule has 3 aromatic rings. The minimum Gasteiger partial charge on any atom is -0.423 e. The van der Waals surface area contributed by atoms with Crippen LogP contribution in [0.5, 0.6) is 5.75 Å². The lowest BCUT2D eigenvalue weighted by Crippen LogP contribution is -2.43. The van der Waals surface area contributed by atoms with E-state index in [0.717, 1.165) is 37.4 Å². The molecular weight excluding hydrogens is 380 g/mol. The zero-order valence-electron chi connectivity index (χ0n) is 15.1. The van der Waals surface area contributed by atoms with Crippen LogP contribution >= 0.6 is 11.6 Å². The number of carbonyl (C=O) groups is 1. The van der Waals surface area contributed by atoms with E-state index in [-0.39, 0.29) is 5.56 Å². The van der Waals surface area contributed by atoms with Crippen molar-refractivity contribution in [2.45, 2.75) is 5.88 Å². The third kappa shape index (κ3) is 3.88. The van der Waals surface area contributed by atoms with Crippen LogP contribution in [0.25, 0.3) is 11.0 Å². The van der Waals surface area contributed by atoms with Crippen LogP contribution in [-0.4, -0.2) is 32.1 Å². The second-order valence-corrected chi connectivity index (χ2v) is 6.84. The van der Waals surface area contributed by atoms with E-state index in [2.05, 4.69) is 10.2 Å². The SMILES string of the molecule is O=C(Oc1ccc(N2CCNCC2)cc1)c1cc2cc(CCl)ccc2oc1=O. The van der Waals surface area contributed by atoms with E-state index >= 15 is 0 Å². The van der Waals surface area contributed by atoms with Gasteiger partial charge in [0.2, 0.25) is 0 Å². The van der Waals surface area contributed by atoms with Crippen LogP contribution in [0.4, 0.5) is 5.69 Å². The van der Waals surface area contributed by atoms with Gasteiger partial charge in [0.05, 0.1) is 0 Å². The number of esters is 1. The van der Waals surface area contributed by atoms with Crippen LogP contribution in [0.1, 0.15) is 15.9 Å². The lowest BCUT2D eigenvalue weighted by molar-refractivity contribution is 0.0730. The maximum absolute atomic E-state index is 12.5. The van der Waals surface area contributed by atoms with Gasteiger partial charge in [-0.15, -0.1) is 11.6 Å². The Morgan fingerprint density at radius 2 is 1.86 bits per heavy atom. The number of ether oxygens (including phenoxy) is 1. The number of halogens is 1. The summed E-state index contributed by atoms with van der Waals surface area (Å²) >= 11 is 5.85. The third-order valence-corrected chi connectivity index (χ3v) is 5.01. The number of alkyl halides is 1. The molecule has 1 N–H and O–H groups in total. The van der Waals surface area contributed by atoms with Crippen LogP contribution in [-0.2, 0) is 5.88 Å². The van der Waals surface area contributed by atoms with Crippen molar-refractivity contribution in [2.75, 3.05) is 31.1 Å². The minimum absolute atomic E-state index is 0.148. The first-order valence-corrected chi connectivity index (χ1v) is 9.58. The van der Waals surface area contributed by atoms with Crippen LogP contribution in [0, 0.1) is 0 Å². The molecule has 2 aromatic carbocycles. The number of hydrogen-bond acceptors (Lipinski definition) is 6. The van der Waals surface area contributed by atoms with Crippen molar-refractivity contribution in [2.24, 2.45) is 0 Å². The normalized spacial score (nSPS) is 14.2. The third-order valence-electron chi connectivity index (χ3n) is 4.70. The van der Waals surface area contributed by atoms with Crippen molar-refractivity contribution >= 4 is 34.2 Å². The number of hydrogen-bond donors (Lipinski definition) is 1. The lowest BCUT2D eigenvalue weighted by atomic mass is 10.1. The summed E-state index contributed by atoms with van der Waals surface area (Å²) in [6.07, 6.45) is 0. The average molecular weight is 399 g/mol. The van der Waals surface area contributed by atoms with E-state index in [1.165, 1.54) is 6.07 Å². The monoisotopic (exact) mass is 398 g/mol. The number of fused-ring (bicyclic) bond motifs is 1. The van der Waals surface area contributed by atoms with Crippen LogP contribution in [0.15, 0.2) is 57.7 Å². The standard InChI is InChI=1S/C21H19ClN2O4/c22-13-14-1-6-19-15(11-14)12-18(21(26)28-19)20(25)27-17-4-2-16(3-5-17)24-9-7-23-8-10-24/h1-6,11-12,23H,7-10,13H2. The number of benzene rings is 2. The quantitative estimate of drug-likeness (QED) is 0.315. The van der Waals surface area contributed by atoms with Gasteiger partial charge in [0, 0.05) is 43.1 Å². The largest absolute Gasteiger partial charge is 0.423 e. The van der Waals surface area contributed by atoms with Gasteiger partial charge < -0.3 is 19.4 Å². The highest BCUT2D eigenvalue weighted by Crippen LogP contribution is 2.21. The number of carbonyl (C=O) groups excluding carboxylic acids is 1. The van der Waals surface area contributed by atoms with Gasteiger partial charge in [0.15, 0.2) is 0 Å². The van der Waals surface area contributed by atoms with Gasteiger partial charge in [-0.05, 0) is 48.0 Å². The van der Waals surface area contributed by atoms with Gasteiger partial charge >= 0.3 is 11.6 Å². The molecule has 144 valence electrons. The van der Waals surface area contributed by atoms with Gasteiger partial charge in [0.1, 0.15) is 16.9 Å². The second-order valence-electron chi connectivity index (χ2n) is 6.57. The molecule has 0 unspecified atom stereocenters. The number of rotatable bonds is 4. The summed E-state index contributed by atoms with van der Waals surface area (Å²) in [5.74, 6) is -0.0476. The summed E-state index contributed by atoms with van der Waals surface area (Å²) in [4.78, 5) is 26.9. The van der Waals surface area contributed by atoms with Crippen molar-refractivity contribution < 1.29 is 13.9 Å². The summed E-state index contributed by atoms with van der Waals surface area (Å²) in [5.41, 5.74) is 1.46. The predicted molar refractivity (Wildman–Crippen MR) is 109 cm³/mol. The predicted octanol–water partition coefficient (Wildman–Crippen LogP) is 3.16. The van der Waals surface area contributed by atoms with Crippen LogP contribution in [0.2, 0.25) is 0 Å². The topological polar surface area (TPSA) is 71.8 Å². The summed E-state index contributed by atoms with van der Waals surface area (Å²) in [6, 6.07) is 14.0. The van der Waals surface area contributed by atoms with Gasteiger partial charge in [-0.2, -0.15) is 0 Å². The molecule has 1 aliphatic rings. The average Bonchev–Trinajstić information content (AvgIpc) is 2.74. The Hall–Kier alpha value is -2.83. The molecule has 0 saturated carbocycles. The Morgan fingerprint density at radius 1 is 1.11 bits per heavy atom. The Bertz CT molecular complexity index is 1060. The van der Waals surface area contributed by atoms with E-state index < -0.39 is 11.6 Å².